The maximum atomic E-state index is 12.6. The third-order valence-electron chi connectivity index (χ3n) is 4.85. The van der Waals surface area contributed by atoms with Crippen LogP contribution in [0.2, 0.25) is 0 Å². The van der Waals surface area contributed by atoms with Gasteiger partial charge >= 0.3 is 0 Å². The quantitative estimate of drug-likeness (QED) is 0.848. The van der Waals surface area contributed by atoms with Crippen LogP contribution in [-0.4, -0.2) is 22.8 Å². The molecule has 2 heterocycles. The van der Waals surface area contributed by atoms with E-state index < -0.39 is 5.54 Å². The fraction of sp³-hybridized carbons (Fsp3) is 0.421. The van der Waals surface area contributed by atoms with Gasteiger partial charge in [0.1, 0.15) is 5.54 Å². The number of nitrogens with one attached hydrogen (secondary N) is 1. The molecule has 0 atom stereocenters. The minimum Gasteiger partial charge on any atom is -0.454 e. The van der Waals surface area contributed by atoms with Crippen molar-refractivity contribution in [3.63, 3.8) is 0 Å². The van der Waals surface area contributed by atoms with Gasteiger partial charge in [-0.25, -0.2) is 0 Å². The predicted octanol–water partition coefficient (Wildman–Crippen LogP) is 3.10. The van der Waals surface area contributed by atoms with Crippen LogP contribution in [0.25, 0.3) is 6.08 Å². The standard InChI is InChI=1S/C19H21N3O4/c1-13-20-18(22-26-13)19(9-3-2-4-10-19)21-17(23)8-6-14-5-7-15-16(11-14)25-12-24-15/h5-8,11H,2-4,9-10,12H2,1H3,(H,21,23). The Morgan fingerprint density at radius 3 is 2.77 bits per heavy atom. The van der Waals surface area contributed by atoms with Gasteiger partial charge in [0.15, 0.2) is 17.3 Å². The Kier molecular flexibility index (Phi) is 4.36. The molecule has 1 fully saturated rings. The van der Waals surface area contributed by atoms with E-state index in [1.807, 2.05) is 18.2 Å². The zero-order valence-corrected chi connectivity index (χ0v) is 14.7. The summed E-state index contributed by atoms with van der Waals surface area (Å²) in [7, 11) is 0. The van der Waals surface area contributed by atoms with Gasteiger partial charge in [0.2, 0.25) is 18.6 Å². The van der Waals surface area contributed by atoms with Crippen LogP contribution in [0.3, 0.4) is 0 Å². The van der Waals surface area contributed by atoms with Crippen molar-refractivity contribution in [2.75, 3.05) is 6.79 Å². The Bertz CT molecular complexity index is 837. The minimum atomic E-state index is -0.549. The minimum absolute atomic E-state index is 0.174. The second-order valence-corrected chi connectivity index (χ2v) is 6.72. The molecule has 0 radical (unpaired) electrons. The van der Waals surface area contributed by atoms with Crippen molar-refractivity contribution in [1.82, 2.24) is 15.5 Å². The summed E-state index contributed by atoms with van der Waals surface area (Å²) in [6.07, 6.45) is 8.13. The average Bonchev–Trinajstić information content (AvgIpc) is 3.29. The van der Waals surface area contributed by atoms with E-state index in [9.17, 15) is 4.79 Å². The zero-order valence-electron chi connectivity index (χ0n) is 14.7. The van der Waals surface area contributed by atoms with Crippen LogP contribution in [0, 0.1) is 6.92 Å². The molecule has 4 rings (SSSR count). The van der Waals surface area contributed by atoms with Crippen molar-refractivity contribution in [2.24, 2.45) is 0 Å². The molecule has 0 spiro atoms. The highest BCUT2D eigenvalue weighted by Crippen LogP contribution is 2.36. The number of amides is 1. The largest absolute Gasteiger partial charge is 0.454 e. The Labute approximate surface area is 151 Å². The number of hydrogen-bond acceptors (Lipinski definition) is 6. The van der Waals surface area contributed by atoms with Crippen molar-refractivity contribution in [1.29, 1.82) is 0 Å². The maximum Gasteiger partial charge on any atom is 0.244 e. The summed E-state index contributed by atoms with van der Waals surface area (Å²) in [4.78, 5) is 16.9. The molecule has 1 amide bonds. The maximum absolute atomic E-state index is 12.6. The van der Waals surface area contributed by atoms with E-state index in [0.29, 0.717) is 17.5 Å². The van der Waals surface area contributed by atoms with Crippen molar-refractivity contribution in [2.45, 2.75) is 44.6 Å². The van der Waals surface area contributed by atoms with E-state index in [1.54, 1.807) is 13.0 Å². The molecule has 1 saturated carbocycles. The summed E-state index contributed by atoms with van der Waals surface area (Å²) in [6, 6.07) is 5.58. The summed E-state index contributed by atoms with van der Waals surface area (Å²) in [5.74, 6) is 2.32. The van der Waals surface area contributed by atoms with E-state index >= 15 is 0 Å². The van der Waals surface area contributed by atoms with Crippen molar-refractivity contribution >= 4 is 12.0 Å². The van der Waals surface area contributed by atoms with Gasteiger partial charge in [-0.1, -0.05) is 30.5 Å². The molecule has 1 N–H and O–H groups in total. The van der Waals surface area contributed by atoms with Gasteiger partial charge in [-0.05, 0) is 36.6 Å². The van der Waals surface area contributed by atoms with E-state index in [2.05, 4.69) is 15.5 Å². The SMILES string of the molecule is Cc1nc(C2(NC(=O)C=Cc3ccc4c(c3)OCO4)CCCCC2)no1. The summed E-state index contributed by atoms with van der Waals surface area (Å²) in [6.45, 7) is 1.99. The molecule has 136 valence electrons. The number of fused-ring (bicyclic) bond motifs is 1. The van der Waals surface area contributed by atoms with Gasteiger partial charge in [0.05, 0.1) is 0 Å². The van der Waals surface area contributed by atoms with Crippen LogP contribution < -0.4 is 14.8 Å². The lowest BCUT2D eigenvalue weighted by Crippen LogP contribution is -2.47. The normalized spacial score (nSPS) is 18.2. The molecule has 2 aromatic rings. The molecule has 1 aromatic carbocycles. The Morgan fingerprint density at radius 2 is 2.00 bits per heavy atom. The van der Waals surface area contributed by atoms with Crippen LogP contribution in [0.1, 0.15) is 49.4 Å². The van der Waals surface area contributed by atoms with Crippen molar-refractivity contribution in [3.8, 4) is 11.5 Å². The first-order valence-corrected chi connectivity index (χ1v) is 8.85. The highest BCUT2D eigenvalue weighted by atomic mass is 16.7. The summed E-state index contributed by atoms with van der Waals surface area (Å²) in [5.41, 5.74) is 0.323. The van der Waals surface area contributed by atoms with Crippen LogP contribution in [0.15, 0.2) is 28.8 Å². The fourth-order valence-corrected chi connectivity index (χ4v) is 3.52. The number of benzene rings is 1. The summed E-state index contributed by atoms with van der Waals surface area (Å²) >= 11 is 0. The molecule has 0 bridgehead atoms. The van der Waals surface area contributed by atoms with Crippen LogP contribution in [0.5, 0.6) is 11.5 Å². The zero-order chi connectivity index (χ0) is 18.0. The molecule has 1 aromatic heterocycles. The first-order valence-electron chi connectivity index (χ1n) is 8.85. The van der Waals surface area contributed by atoms with E-state index in [-0.39, 0.29) is 12.7 Å². The van der Waals surface area contributed by atoms with Gasteiger partial charge in [0.25, 0.3) is 0 Å². The van der Waals surface area contributed by atoms with E-state index in [0.717, 1.165) is 43.4 Å². The summed E-state index contributed by atoms with van der Waals surface area (Å²) < 4.78 is 15.8. The van der Waals surface area contributed by atoms with Crippen molar-refractivity contribution < 1.29 is 18.8 Å². The summed E-state index contributed by atoms with van der Waals surface area (Å²) in [5, 5.41) is 7.18. The second kappa shape index (κ2) is 6.82. The molecule has 0 unspecified atom stereocenters. The smallest absolute Gasteiger partial charge is 0.244 e. The molecular formula is C19H21N3O4. The number of carbonyl (C=O) groups is 1. The molecule has 2 aliphatic rings. The highest BCUT2D eigenvalue weighted by Gasteiger charge is 2.39. The lowest BCUT2D eigenvalue weighted by Gasteiger charge is -2.34. The van der Waals surface area contributed by atoms with Crippen LogP contribution in [0.4, 0.5) is 0 Å². The molecular weight excluding hydrogens is 334 g/mol. The molecule has 1 aliphatic carbocycles. The van der Waals surface area contributed by atoms with Gasteiger partial charge < -0.3 is 19.3 Å². The van der Waals surface area contributed by atoms with Crippen molar-refractivity contribution in [3.05, 3.63) is 41.6 Å². The van der Waals surface area contributed by atoms with Gasteiger partial charge in [0, 0.05) is 13.0 Å². The van der Waals surface area contributed by atoms with Gasteiger partial charge in [-0.15, -0.1) is 0 Å². The van der Waals surface area contributed by atoms with E-state index in [4.69, 9.17) is 14.0 Å². The van der Waals surface area contributed by atoms with Crippen LogP contribution >= 0.6 is 0 Å². The first kappa shape index (κ1) is 16.6. The lowest BCUT2D eigenvalue weighted by atomic mass is 9.81. The number of rotatable bonds is 4. The first-order chi connectivity index (χ1) is 12.6. The third-order valence-corrected chi connectivity index (χ3v) is 4.85. The van der Waals surface area contributed by atoms with Gasteiger partial charge in [-0.2, -0.15) is 4.98 Å². The molecule has 1 aliphatic heterocycles. The second-order valence-electron chi connectivity index (χ2n) is 6.72. The highest BCUT2D eigenvalue weighted by molar-refractivity contribution is 5.92. The Morgan fingerprint density at radius 1 is 1.19 bits per heavy atom. The molecule has 26 heavy (non-hydrogen) atoms. The number of aromatic nitrogens is 2. The van der Waals surface area contributed by atoms with Gasteiger partial charge in [-0.3, -0.25) is 4.79 Å². The lowest BCUT2D eigenvalue weighted by molar-refractivity contribution is -0.119. The molecule has 7 heteroatoms. The number of carbonyl (C=O) groups excluding carboxylic acids is 1. The van der Waals surface area contributed by atoms with E-state index in [1.165, 1.54) is 6.08 Å². The third kappa shape index (κ3) is 3.29. The number of hydrogen-bond donors (Lipinski definition) is 1. The molecule has 0 saturated heterocycles. The topological polar surface area (TPSA) is 86.5 Å². The predicted molar refractivity (Wildman–Crippen MR) is 93.5 cm³/mol. The number of ether oxygens (including phenoxy) is 2. The Balaban J connectivity index is 1.50. The van der Waals surface area contributed by atoms with Crippen LogP contribution in [-0.2, 0) is 10.3 Å². The Hall–Kier alpha value is -2.83. The average molecular weight is 355 g/mol. The number of aryl methyl sites for hydroxylation is 1. The number of nitrogens with zero attached hydrogens (tertiary/aromatic N) is 2. The fourth-order valence-electron chi connectivity index (χ4n) is 3.52. The molecule has 7 nitrogen and oxygen atoms in total. The monoisotopic (exact) mass is 355 g/mol.